The van der Waals surface area contributed by atoms with E-state index in [0.717, 1.165) is 5.69 Å². The van der Waals surface area contributed by atoms with E-state index in [1.165, 1.54) is 12.5 Å². The van der Waals surface area contributed by atoms with Crippen molar-refractivity contribution >= 4 is 11.8 Å². The lowest BCUT2D eigenvalue weighted by Gasteiger charge is -2.32. The number of aromatic nitrogens is 4. The quantitative estimate of drug-likeness (QED) is 0.812. The van der Waals surface area contributed by atoms with E-state index in [1.807, 2.05) is 0 Å². The Hall–Kier alpha value is -2.77. The number of hydrogen-bond donors (Lipinski definition) is 1. The Morgan fingerprint density at radius 2 is 2.19 bits per heavy atom. The van der Waals surface area contributed by atoms with E-state index in [2.05, 4.69) is 20.4 Å². The summed E-state index contributed by atoms with van der Waals surface area (Å²) in [6, 6.07) is 2.83. The monoisotopic (exact) mass is 286 g/mol. The van der Waals surface area contributed by atoms with E-state index in [1.54, 1.807) is 35.0 Å². The predicted octanol–water partition coefficient (Wildman–Crippen LogP) is -0.384. The number of hydrogen-bond acceptors (Lipinski definition) is 5. The molecule has 2 aromatic heterocycles. The van der Waals surface area contributed by atoms with Crippen molar-refractivity contribution in [3.8, 4) is 0 Å². The third kappa shape index (κ3) is 2.35. The fourth-order valence-electron chi connectivity index (χ4n) is 2.39. The third-order valence-corrected chi connectivity index (χ3v) is 3.43. The summed E-state index contributed by atoms with van der Waals surface area (Å²) in [7, 11) is 1.57. The third-order valence-electron chi connectivity index (χ3n) is 3.43. The number of fused-ring (bicyclic) bond motifs is 1. The van der Waals surface area contributed by atoms with Crippen molar-refractivity contribution < 1.29 is 9.59 Å². The van der Waals surface area contributed by atoms with Crippen molar-refractivity contribution in [2.24, 2.45) is 0 Å². The predicted molar refractivity (Wildman–Crippen MR) is 72.1 cm³/mol. The molecule has 0 aliphatic carbocycles. The highest BCUT2D eigenvalue weighted by Gasteiger charge is 2.33. The van der Waals surface area contributed by atoms with Crippen LogP contribution >= 0.6 is 0 Å². The highest BCUT2D eigenvalue weighted by Crippen LogP contribution is 2.21. The molecule has 1 N–H and O–H groups in total. The molecular weight excluding hydrogens is 272 g/mol. The summed E-state index contributed by atoms with van der Waals surface area (Å²) < 4.78 is 1.66. The second-order valence-electron chi connectivity index (χ2n) is 4.68. The van der Waals surface area contributed by atoms with Gasteiger partial charge in [0.15, 0.2) is 0 Å². The standard InChI is InChI=1S/C13H14N6O2/c1-14-12(20)11-7-18(6-9-2-5-17-19(9)11)13(21)10-3-4-15-8-16-10/h2-5,8,11H,6-7H2,1H3,(H,14,20). The maximum Gasteiger partial charge on any atom is 0.273 e. The molecule has 0 fully saturated rings. The van der Waals surface area contributed by atoms with E-state index < -0.39 is 6.04 Å². The fraction of sp³-hybridized carbons (Fsp3) is 0.308. The first-order valence-corrected chi connectivity index (χ1v) is 6.50. The Balaban J connectivity index is 1.90. The summed E-state index contributed by atoms with van der Waals surface area (Å²) in [5.74, 6) is -0.404. The number of carbonyl (C=O) groups excluding carboxylic acids is 2. The molecule has 0 radical (unpaired) electrons. The van der Waals surface area contributed by atoms with Crippen molar-refractivity contribution in [2.45, 2.75) is 12.6 Å². The normalized spacial score (nSPS) is 17.2. The first-order valence-electron chi connectivity index (χ1n) is 6.50. The molecule has 2 aromatic rings. The van der Waals surface area contributed by atoms with Crippen molar-refractivity contribution in [1.29, 1.82) is 0 Å². The first kappa shape index (κ1) is 13.2. The van der Waals surface area contributed by atoms with Crippen molar-refractivity contribution in [1.82, 2.24) is 30.0 Å². The largest absolute Gasteiger partial charge is 0.357 e. The molecule has 8 nitrogen and oxygen atoms in total. The molecule has 0 saturated carbocycles. The van der Waals surface area contributed by atoms with Crippen molar-refractivity contribution in [3.05, 3.63) is 42.2 Å². The lowest BCUT2D eigenvalue weighted by atomic mass is 10.1. The molecule has 0 aromatic carbocycles. The zero-order valence-corrected chi connectivity index (χ0v) is 11.4. The molecule has 0 spiro atoms. The molecule has 1 aliphatic heterocycles. The molecule has 3 rings (SSSR count). The Morgan fingerprint density at radius 3 is 2.90 bits per heavy atom. The Bertz CT molecular complexity index is 668. The molecule has 2 amide bonds. The lowest BCUT2D eigenvalue weighted by molar-refractivity contribution is -0.125. The van der Waals surface area contributed by atoms with E-state index in [9.17, 15) is 9.59 Å². The van der Waals surface area contributed by atoms with Gasteiger partial charge in [0.2, 0.25) is 5.91 Å². The van der Waals surface area contributed by atoms with Gasteiger partial charge < -0.3 is 10.2 Å². The Labute approximate surface area is 120 Å². The fourth-order valence-corrected chi connectivity index (χ4v) is 2.39. The van der Waals surface area contributed by atoms with Crippen LogP contribution in [0.2, 0.25) is 0 Å². The van der Waals surface area contributed by atoms with E-state index in [0.29, 0.717) is 12.2 Å². The van der Waals surface area contributed by atoms with Crippen LogP contribution in [0.5, 0.6) is 0 Å². The van der Waals surface area contributed by atoms with Crippen molar-refractivity contribution in [2.75, 3.05) is 13.6 Å². The zero-order valence-electron chi connectivity index (χ0n) is 11.4. The molecule has 0 bridgehead atoms. The maximum absolute atomic E-state index is 12.5. The summed E-state index contributed by atoms with van der Waals surface area (Å²) in [6.07, 6.45) is 4.48. The molecule has 21 heavy (non-hydrogen) atoms. The summed E-state index contributed by atoms with van der Waals surface area (Å²) in [6.45, 7) is 0.660. The smallest absolute Gasteiger partial charge is 0.273 e. The molecule has 8 heteroatoms. The number of nitrogens with zero attached hydrogens (tertiary/aromatic N) is 5. The van der Waals surface area contributed by atoms with Crippen molar-refractivity contribution in [3.63, 3.8) is 0 Å². The van der Waals surface area contributed by atoms with Crippen LogP contribution in [-0.2, 0) is 11.3 Å². The van der Waals surface area contributed by atoms with Crippen LogP contribution in [0.1, 0.15) is 22.2 Å². The van der Waals surface area contributed by atoms with E-state index in [4.69, 9.17) is 0 Å². The summed E-state index contributed by atoms with van der Waals surface area (Å²) in [5.41, 5.74) is 1.13. The van der Waals surface area contributed by atoms with Crippen LogP contribution in [0.3, 0.4) is 0 Å². The van der Waals surface area contributed by atoms with Gasteiger partial charge in [-0.05, 0) is 12.1 Å². The van der Waals surface area contributed by atoms with Crippen LogP contribution in [0, 0.1) is 0 Å². The van der Waals surface area contributed by atoms with Gasteiger partial charge in [-0.3, -0.25) is 14.3 Å². The molecule has 1 atom stereocenters. The van der Waals surface area contributed by atoms with Gasteiger partial charge in [-0.25, -0.2) is 9.97 Å². The molecule has 1 aliphatic rings. The van der Waals surface area contributed by atoms with Crippen LogP contribution in [0.4, 0.5) is 0 Å². The van der Waals surface area contributed by atoms with E-state index >= 15 is 0 Å². The number of nitrogens with one attached hydrogen (secondary N) is 1. The van der Waals surface area contributed by atoms with Gasteiger partial charge in [0, 0.05) is 19.4 Å². The molecule has 3 heterocycles. The van der Waals surface area contributed by atoms with Crippen LogP contribution in [-0.4, -0.2) is 50.1 Å². The Morgan fingerprint density at radius 1 is 1.33 bits per heavy atom. The van der Waals surface area contributed by atoms with Gasteiger partial charge in [0.05, 0.1) is 18.8 Å². The van der Waals surface area contributed by atoms with Gasteiger partial charge in [0.25, 0.3) is 5.91 Å². The second kappa shape index (κ2) is 5.31. The number of amides is 2. The van der Waals surface area contributed by atoms with Crippen LogP contribution < -0.4 is 5.32 Å². The minimum Gasteiger partial charge on any atom is -0.357 e. The SMILES string of the molecule is CNC(=O)C1CN(C(=O)c2ccncn2)Cc2ccnn21. The minimum absolute atomic E-state index is 0.180. The van der Waals surface area contributed by atoms with E-state index in [-0.39, 0.29) is 18.4 Å². The first-order chi connectivity index (χ1) is 10.2. The van der Waals surface area contributed by atoms with Crippen LogP contribution in [0.25, 0.3) is 0 Å². The average molecular weight is 286 g/mol. The van der Waals surface area contributed by atoms with Gasteiger partial charge in [-0.15, -0.1) is 0 Å². The summed E-state index contributed by atoms with van der Waals surface area (Å²) >= 11 is 0. The molecular formula is C13H14N6O2. The van der Waals surface area contributed by atoms with Gasteiger partial charge in [-0.1, -0.05) is 0 Å². The topological polar surface area (TPSA) is 93.0 Å². The second-order valence-corrected chi connectivity index (χ2v) is 4.68. The molecule has 0 saturated heterocycles. The summed E-state index contributed by atoms with van der Waals surface area (Å²) in [4.78, 5) is 33.8. The lowest BCUT2D eigenvalue weighted by Crippen LogP contribution is -2.46. The molecule has 1 unspecified atom stereocenters. The summed E-state index contributed by atoms with van der Waals surface area (Å²) in [5, 5.41) is 6.77. The number of carbonyl (C=O) groups is 2. The maximum atomic E-state index is 12.5. The zero-order chi connectivity index (χ0) is 14.8. The van der Waals surface area contributed by atoms with Gasteiger partial charge in [0.1, 0.15) is 18.1 Å². The molecule has 108 valence electrons. The van der Waals surface area contributed by atoms with Crippen LogP contribution in [0.15, 0.2) is 30.9 Å². The van der Waals surface area contributed by atoms with Gasteiger partial charge in [-0.2, -0.15) is 5.10 Å². The number of likely N-dealkylation sites (N-methyl/N-ethyl adjacent to an activating group) is 1. The highest BCUT2D eigenvalue weighted by atomic mass is 16.2. The minimum atomic E-state index is -0.528. The Kier molecular flexibility index (Phi) is 3.35. The average Bonchev–Trinajstić information content (AvgIpc) is 3.01. The number of rotatable bonds is 2. The highest BCUT2D eigenvalue weighted by molar-refractivity contribution is 5.93. The van der Waals surface area contributed by atoms with Gasteiger partial charge >= 0.3 is 0 Å².